The van der Waals surface area contributed by atoms with Gasteiger partial charge in [0.25, 0.3) is 5.78 Å². The van der Waals surface area contributed by atoms with Crippen molar-refractivity contribution in [2.75, 3.05) is 0 Å². The predicted molar refractivity (Wildman–Crippen MR) is 80.3 cm³/mol. The Hall–Kier alpha value is -1.88. The Morgan fingerprint density at radius 2 is 1.80 bits per heavy atom. The van der Waals surface area contributed by atoms with Gasteiger partial charge in [0.05, 0.1) is 0 Å². The lowest BCUT2D eigenvalue weighted by atomic mass is 10.2. The summed E-state index contributed by atoms with van der Waals surface area (Å²) < 4.78 is 1.79. The molecule has 2 heterocycles. The standard InChI is InChI=1S/C15H16N4S/c1-9-5-6-13(10(2)7-9)20-15-17-14-16-11(3)8-12(4)19(14)18-15/h5-8H,1-4H3. The van der Waals surface area contributed by atoms with E-state index in [4.69, 9.17) is 0 Å². The summed E-state index contributed by atoms with van der Waals surface area (Å²) in [6.45, 7) is 8.19. The van der Waals surface area contributed by atoms with E-state index in [1.54, 1.807) is 16.3 Å². The Morgan fingerprint density at radius 1 is 1.00 bits per heavy atom. The maximum atomic E-state index is 4.52. The van der Waals surface area contributed by atoms with Crippen LogP contribution >= 0.6 is 11.8 Å². The molecule has 20 heavy (non-hydrogen) atoms. The quantitative estimate of drug-likeness (QED) is 0.722. The highest BCUT2D eigenvalue weighted by molar-refractivity contribution is 7.99. The van der Waals surface area contributed by atoms with Crippen LogP contribution in [0.1, 0.15) is 22.5 Å². The van der Waals surface area contributed by atoms with Gasteiger partial charge in [-0.15, -0.1) is 5.10 Å². The van der Waals surface area contributed by atoms with Gasteiger partial charge in [0, 0.05) is 16.3 Å². The minimum Gasteiger partial charge on any atom is -0.216 e. The molecule has 0 aliphatic carbocycles. The molecule has 5 heteroatoms. The molecule has 0 unspecified atom stereocenters. The summed E-state index contributed by atoms with van der Waals surface area (Å²) in [7, 11) is 0. The van der Waals surface area contributed by atoms with Crippen LogP contribution < -0.4 is 0 Å². The molecule has 0 saturated carbocycles. The van der Waals surface area contributed by atoms with E-state index in [9.17, 15) is 0 Å². The third kappa shape index (κ3) is 2.41. The average molecular weight is 284 g/mol. The summed E-state index contributed by atoms with van der Waals surface area (Å²) in [5, 5.41) is 5.25. The molecule has 102 valence electrons. The smallest absolute Gasteiger partial charge is 0.216 e. The van der Waals surface area contributed by atoms with Crippen molar-refractivity contribution in [3.63, 3.8) is 0 Å². The first-order valence-corrected chi connectivity index (χ1v) is 7.31. The molecule has 4 nitrogen and oxygen atoms in total. The van der Waals surface area contributed by atoms with Crippen LogP contribution in [0.3, 0.4) is 0 Å². The number of fused-ring (bicyclic) bond motifs is 1. The summed E-state index contributed by atoms with van der Waals surface area (Å²) >= 11 is 1.58. The molecule has 3 rings (SSSR count). The topological polar surface area (TPSA) is 43.1 Å². The van der Waals surface area contributed by atoms with E-state index in [-0.39, 0.29) is 0 Å². The molecule has 0 radical (unpaired) electrons. The molecule has 0 saturated heterocycles. The minimum absolute atomic E-state index is 0.662. The van der Waals surface area contributed by atoms with Gasteiger partial charge in [-0.3, -0.25) is 0 Å². The molecular formula is C15H16N4S. The predicted octanol–water partition coefficient (Wildman–Crippen LogP) is 3.51. The molecule has 2 aromatic heterocycles. The van der Waals surface area contributed by atoms with Crippen LogP contribution in [0, 0.1) is 27.7 Å². The second-order valence-electron chi connectivity index (χ2n) is 5.02. The second kappa shape index (κ2) is 4.90. The first-order chi connectivity index (χ1) is 9.52. The average Bonchev–Trinajstić information content (AvgIpc) is 2.75. The van der Waals surface area contributed by atoms with Crippen molar-refractivity contribution < 1.29 is 0 Å². The fourth-order valence-electron chi connectivity index (χ4n) is 2.20. The van der Waals surface area contributed by atoms with E-state index in [1.165, 1.54) is 16.0 Å². The second-order valence-corrected chi connectivity index (χ2v) is 6.03. The third-order valence-electron chi connectivity index (χ3n) is 3.13. The number of nitrogens with zero attached hydrogens (tertiary/aromatic N) is 4. The van der Waals surface area contributed by atoms with Gasteiger partial charge in [0.15, 0.2) is 0 Å². The number of benzene rings is 1. The van der Waals surface area contributed by atoms with E-state index >= 15 is 0 Å². The maximum Gasteiger partial charge on any atom is 0.253 e. The van der Waals surface area contributed by atoms with Gasteiger partial charge >= 0.3 is 0 Å². The Labute approximate surface area is 122 Å². The van der Waals surface area contributed by atoms with E-state index in [0.29, 0.717) is 5.78 Å². The fraction of sp³-hybridized carbons (Fsp3) is 0.267. The molecule has 0 aliphatic rings. The zero-order chi connectivity index (χ0) is 14.3. The lowest BCUT2D eigenvalue weighted by molar-refractivity contribution is 0.843. The largest absolute Gasteiger partial charge is 0.253 e. The first kappa shape index (κ1) is 13.1. The lowest BCUT2D eigenvalue weighted by Crippen LogP contribution is -1.97. The molecule has 0 aliphatic heterocycles. The van der Waals surface area contributed by atoms with Crippen molar-refractivity contribution in [2.24, 2.45) is 0 Å². The Balaban J connectivity index is 2.01. The van der Waals surface area contributed by atoms with Crippen LogP contribution in [0.4, 0.5) is 0 Å². The third-order valence-corrected chi connectivity index (χ3v) is 4.16. The summed E-state index contributed by atoms with van der Waals surface area (Å²) in [5.74, 6) is 0.662. The molecule has 0 amide bonds. The van der Waals surface area contributed by atoms with Crippen LogP contribution in [0.15, 0.2) is 34.3 Å². The molecule has 3 aromatic rings. The van der Waals surface area contributed by atoms with Crippen molar-refractivity contribution in [1.29, 1.82) is 0 Å². The molecule has 0 spiro atoms. The summed E-state index contributed by atoms with van der Waals surface area (Å²) in [5.41, 5.74) is 4.52. The van der Waals surface area contributed by atoms with Gasteiger partial charge in [-0.1, -0.05) is 17.7 Å². The summed E-state index contributed by atoms with van der Waals surface area (Å²) in [4.78, 5) is 10.1. The van der Waals surface area contributed by atoms with Gasteiger partial charge in [-0.2, -0.15) is 4.98 Å². The number of rotatable bonds is 2. The molecule has 0 atom stereocenters. The number of aromatic nitrogens is 4. The van der Waals surface area contributed by atoms with Gasteiger partial charge < -0.3 is 0 Å². The van der Waals surface area contributed by atoms with Crippen LogP contribution in [0.5, 0.6) is 0 Å². The highest BCUT2D eigenvalue weighted by Gasteiger charge is 2.10. The Kier molecular flexibility index (Phi) is 3.22. The molecule has 0 N–H and O–H groups in total. The number of aryl methyl sites for hydroxylation is 4. The maximum absolute atomic E-state index is 4.52. The summed E-state index contributed by atoms with van der Waals surface area (Å²) in [6, 6.07) is 8.41. The van der Waals surface area contributed by atoms with Gasteiger partial charge in [0.1, 0.15) is 0 Å². The molecule has 0 bridgehead atoms. The van der Waals surface area contributed by atoms with Gasteiger partial charge in [-0.25, -0.2) is 9.50 Å². The summed E-state index contributed by atoms with van der Waals surface area (Å²) in [6.07, 6.45) is 0. The lowest BCUT2D eigenvalue weighted by Gasteiger charge is -2.03. The molecule has 1 aromatic carbocycles. The van der Waals surface area contributed by atoms with Gasteiger partial charge in [0.2, 0.25) is 5.16 Å². The van der Waals surface area contributed by atoms with Crippen molar-refractivity contribution in [3.05, 3.63) is 46.8 Å². The fourth-order valence-corrected chi connectivity index (χ4v) is 3.01. The van der Waals surface area contributed by atoms with E-state index < -0.39 is 0 Å². The highest BCUT2D eigenvalue weighted by atomic mass is 32.2. The van der Waals surface area contributed by atoms with Crippen LogP contribution in [0.2, 0.25) is 0 Å². The van der Waals surface area contributed by atoms with E-state index in [1.807, 2.05) is 19.9 Å². The van der Waals surface area contributed by atoms with Crippen molar-refractivity contribution in [3.8, 4) is 0 Å². The van der Waals surface area contributed by atoms with E-state index in [0.717, 1.165) is 16.5 Å². The zero-order valence-corrected chi connectivity index (χ0v) is 12.8. The number of hydrogen-bond donors (Lipinski definition) is 0. The minimum atomic E-state index is 0.662. The van der Waals surface area contributed by atoms with Gasteiger partial charge in [-0.05, 0) is 57.2 Å². The zero-order valence-electron chi connectivity index (χ0n) is 12.0. The Morgan fingerprint density at radius 3 is 2.55 bits per heavy atom. The molecule has 0 fully saturated rings. The monoisotopic (exact) mass is 284 g/mol. The van der Waals surface area contributed by atoms with Crippen LogP contribution in [0.25, 0.3) is 5.78 Å². The highest BCUT2D eigenvalue weighted by Crippen LogP contribution is 2.28. The number of hydrogen-bond acceptors (Lipinski definition) is 4. The van der Waals surface area contributed by atoms with Crippen molar-refractivity contribution in [2.45, 2.75) is 37.7 Å². The first-order valence-electron chi connectivity index (χ1n) is 6.49. The van der Waals surface area contributed by atoms with Crippen LogP contribution in [-0.4, -0.2) is 19.6 Å². The van der Waals surface area contributed by atoms with Crippen LogP contribution in [-0.2, 0) is 0 Å². The normalized spacial score (nSPS) is 11.2. The van der Waals surface area contributed by atoms with Crippen molar-refractivity contribution in [1.82, 2.24) is 19.6 Å². The molecular weight excluding hydrogens is 268 g/mol. The van der Waals surface area contributed by atoms with E-state index in [2.05, 4.69) is 47.1 Å². The SMILES string of the molecule is Cc1ccc(Sc2nc3nc(C)cc(C)n3n2)c(C)c1. The van der Waals surface area contributed by atoms with Crippen molar-refractivity contribution >= 4 is 17.5 Å². The Bertz CT molecular complexity index is 792.